The van der Waals surface area contributed by atoms with E-state index >= 15 is 0 Å². The normalized spacial score (nSPS) is 19.2. The molecule has 11 heteroatoms. The molecule has 192 valence electrons. The van der Waals surface area contributed by atoms with Gasteiger partial charge in [-0.05, 0) is 36.4 Å². The van der Waals surface area contributed by atoms with Gasteiger partial charge in [0.05, 0.1) is 23.2 Å². The first-order chi connectivity index (χ1) is 17.7. The first kappa shape index (κ1) is 24.5. The molecule has 1 aromatic heterocycles. The third kappa shape index (κ3) is 4.13. The highest BCUT2D eigenvalue weighted by Gasteiger charge is 2.48. The SMILES string of the molecule is CN=C1C(=CN)C2(CCN(C(=O)c3cnn(-c4ccc(F)cc4)c3C(F)(F)F)CC2)Oc2ccccc21. The molecule has 0 radical (unpaired) electrons. The molecule has 1 fully saturated rings. The average Bonchev–Trinajstić information content (AvgIpc) is 3.34. The Morgan fingerprint density at radius 2 is 1.81 bits per heavy atom. The number of halogens is 4. The first-order valence-corrected chi connectivity index (χ1v) is 11.6. The molecular weight excluding hydrogens is 490 g/mol. The molecule has 3 aromatic rings. The highest BCUT2D eigenvalue weighted by Crippen LogP contribution is 2.43. The van der Waals surface area contributed by atoms with Gasteiger partial charge in [0.15, 0.2) is 5.69 Å². The van der Waals surface area contributed by atoms with Crippen LogP contribution in [0.4, 0.5) is 17.6 Å². The molecule has 2 N–H and O–H groups in total. The number of amides is 1. The van der Waals surface area contributed by atoms with E-state index in [9.17, 15) is 22.4 Å². The van der Waals surface area contributed by atoms with Crippen molar-refractivity contribution in [2.24, 2.45) is 10.7 Å². The lowest BCUT2D eigenvalue weighted by Gasteiger charge is -2.46. The van der Waals surface area contributed by atoms with Crippen molar-refractivity contribution >= 4 is 11.6 Å². The fourth-order valence-corrected chi connectivity index (χ4v) is 5.02. The number of nitrogens with two attached hydrogens (primary N) is 1. The van der Waals surface area contributed by atoms with Gasteiger partial charge in [-0.25, -0.2) is 9.07 Å². The van der Waals surface area contributed by atoms with Gasteiger partial charge in [0, 0.05) is 50.3 Å². The number of ether oxygens (including phenoxy) is 1. The van der Waals surface area contributed by atoms with Crippen LogP contribution in [0.5, 0.6) is 5.75 Å². The molecule has 2 aliphatic rings. The number of para-hydroxylation sites is 1. The van der Waals surface area contributed by atoms with Gasteiger partial charge in [0.25, 0.3) is 5.91 Å². The van der Waals surface area contributed by atoms with Gasteiger partial charge < -0.3 is 15.4 Å². The lowest BCUT2D eigenvalue weighted by atomic mass is 9.78. The molecule has 2 aromatic carbocycles. The van der Waals surface area contributed by atoms with E-state index in [1.165, 1.54) is 23.2 Å². The zero-order chi connectivity index (χ0) is 26.4. The second-order valence-corrected chi connectivity index (χ2v) is 8.83. The zero-order valence-corrected chi connectivity index (χ0v) is 19.8. The second kappa shape index (κ2) is 9.06. The minimum absolute atomic E-state index is 0.0104. The van der Waals surface area contributed by atoms with E-state index in [1.54, 1.807) is 7.05 Å². The molecule has 0 saturated carbocycles. The Hall–Kier alpha value is -4.15. The van der Waals surface area contributed by atoms with Crippen LogP contribution >= 0.6 is 0 Å². The van der Waals surface area contributed by atoms with Crippen molar-refractivity contribution < 1.29 is 27.1 Å². The predicted molar refractivity (Wildman–Crippen MR) is 128 cm³/mol. The van der Waals surface area contributed by atoms with Crippen molar-refractivity contribution in [3.05, 3.63) is 89.1 Å². The number of piperidine rings is 1. The highest BCUT2D eigenvalue weighted by molar-refractivity contribution is 6.16. The topological polar surface area (TPSA) is 85.7 Å². The molecule has 7 nitrogen and oxygen atoms in total. The van der Waals surface area contributed by atoms with E-state index in [4.69, 9.17) is 10.5 Å². The smallest absolute Gasteiger partial charge is 0.434 e. The summed E-state index contributed by atoms with van der Waals surface area (Å²) >= 11 is 0. The Morgan fingerprint density at radius 1 is 1.14 bits per heavy atom. The van der Waals surface area contributed by atoms with Gasteiger partial charge in [-0.2, -0.15) is 18.3 Å². The van der Waals surface area contributed by atoms with Crippen LogP contribution in [0.15, 0.2) is 71.5 Å². The maximum Gasteiger partial charge on any atom is 0.434 e. The summed E-state index contributed by atoms with van der Waals surface area (Å²) in [6, 6.07) is 11.8. The third-order valence-electron chi connectivity index (χ3n) is 6.78. The summed E-state index contributed by atoms with van der Waals surface area (Å²) in [5.74, 6) is -0.763. The Morgan fingerprint density at radius 3 is 2.43 bits per heavy atom. The van der Waals surface area contributed by atoms with E-state index in [-0.39, 0.29) is 18.8 Å². The molecule has 1 spiro atoms. The number of nitrogens with zero attached hydrogens (tertiary/aromatic N) is 4. The molecule has 1 saturated heterocycles. The number of benzene rings is 2. The lowest BCUT2D eigenvalue weighted by molar-refractivity contribution is -0.143. The van der Waals surface area contributed by atoms with Crippen LogP contribution in [0.2, 0.25) is 0 Å². The largest absolute Gasteiger partial charge is 0.482 e. The van der Waals surface area contributed by atoms with Gasteiger partial charge in [0.1, 0.15) is 17.2 Å². The van der Waals surface area contributed by atoms with Crippen LogP contribution in [-0.2, 0) is 6.18 Å². The van der Waals surface area contributed by atoms with Crippen molar-refractivity contribution in [3.63, 3.8) is 0 Å². The molecule has 5 rings (SSSR count). The number of aromatic nitrogens is 2. The fraction of sp³-hybridized carbons (Fsp3) is 0.269. The van der Waals surface area contributed by atoms with Crippen molar-refractivity contribution in [3.8, 4) is 11.4 Å². The first-order valence-electron chi connectivity index (χ1n) is 11.6. The molecule has 0 unspecified atom stereocenters. The van der Waals surface area contributed by atoms with Crippen LogP contribution in [0.1, 0.15) is 34.5 Å². The maximum atomic E-state index is 14.1. The minimum Gasteiger partial charge on any atom is -0.482 e. The summed E-state index contributed by atoms with van der Waals surface area (Å²) in [7, 11) is 1.66. The van der Waals surface area contributed by atoms with Gasteiger partial charge in [-0.1, -0.05) is 12.1 Å². The van der Waals surface area contributed by atoms with Gasteiger partial charge in [0.2, 0.25) is 0 Å². The standard InChI is InChI=1S/C26H23F4N5O2/c1-32-22-18-4-2-3-5-21(18)37-25(20(22)14-31)10-12-34(13-11-25)24(36)19-15-33-35(23(19)26(28,29)30)17-8-6-16(27)7-9-17/h2-9,14-15H,10-13,31H2,1H3. The number of likely N-dealkylation sites (tertiary alicyclic amines) is 1. The van der Waals surface area contributed by atoms with Gasteiger partial charge >= 0.3 is 6.18 Å². The summed E-state index contributed by atoms with van der Waals surface area (Å²) < 4.78 is 62.5. The quantitative estimate of drug-likeness (QED) is 0.516. The summed E-state index contributed by atoms with van der Waals surface area (Å²) in [6.45, 7) is 0.267. The average molecular weight is 513 g/mol. The molecule has 2 aliphatic heterocycles. The van der Waals surface area contributed by atoms with E-state index in [2.05, 4.69) is 10.1 Å². The Labute approximate surface area is 209 Å². The van der Waals surface area contributed by atoms with E-state index < -0.39 is 34.8 Å². The summed E-state index contributed by atoms with van der Waals surface area (Å²) in [5, 5.41) is 3.81. The van der Waals surface area contributed by atoms with Crippen LogP contribution in [0, 0.1) is 5.82 Å². The Balaban J connectivity index is 1.44. The number of alkyl halides is 3. The fourth-order valence-electron chi connectivity index (χ4n) is 5.02. The van der Waals surface area contributed by atoms with Crippen molar-refractivity contribution in [2.45, 2.75) is 24.6 Å². The molecular formula is C26H23F4N5O2. The Bertz CT molecular complexity index is 1400. The van der Waals surface area contributed by atoms with Crippen LogP contribution in [0.25, 0.3) is 5.69 Å². The number of aliphatic imine (C=N–C) groups is 1. The summed E-state index contributed by atoms with van der Waals surface area (Å²) in [5.41, 5.74) is 5.49. The molecule has 0 atom stereocenters. The number of carbonyl (C=O) groups excluding carboxylic acids is 1. The number of fused-ring (bicyclic) bond motifs is 1. The zero-order valence-electron chi connectivity index (χ0n) is 19.8. The Kier molecular flexibility index (Phi) is 6.01. The monoisotopic (exact) mass is 513 g/mol. The number of hydrogen-bond donors (Lipinski definition) is 1. The molecule has 0 bridgehead atoms. The van der Waals surface area contributed by atoms with Crippen molar-refractivity contribution in [2.75, 3.05) is 20.1 Å². The van der Waals surface area contributed by atoms with Crippen LogP contribution in [0.3, 0.4) is 0 Å². The van der Waals surface area contributed by atoms with E-state index in [0.717, 1.165) is 23.9 Å². The van der Waals surface area contributed by atoms with Crippen molar-refractivity contribution in [1.29, 1.82) is 0 Å². The number of carbonyl (C=O) groups is 1. The maximum absolute atomic E-state index is 14.1. The van der Waals surface area contributed by atoms with Crippen molar-refractivity contribution in [1.82, 2.24) is 14.7 Å². The molecule has 37 heavy (non-hydrogen) atoms. The van der Waals surface area contributed by atoms with Crippen LogP contribution < -0.4 is 10.5 Å². The van der Waals surface area contributed by atoms with Gasteiger partial charge in [-0.15, -0.1) is 0 Å². The molecule has 0 aliphatic carbocycles. The molecule has 3 heterocycles. The summed E-state index contributed by atoms with van der Waals surface area (Å²) in [6.07, 6.45) is -1.90. The number of hydrogen-bond acceptors (Lipinski definition) is 5. The highest BCUT2D eigenvalue weighted by atomic mass is 19.4. The van der Waals surface area contributed by atoms with Gasteiger partial charge in [-0.3, -0.25) is 9.79 Å². The summed E-state index contributed by atoms with van der Waals surface area (Å²) in [4.78, 5) is 19.1. The minimum atomic E-state index is -4.87. The second-order valence-electron chi connectivity index (χ2n) is 8.83. The predicted octanol–water partition coefficient (Wildman–Crippen LogP) is 4.36. The van der Waals surface area contributed by atoms with Crippen LogP contribution in [-0.4, -0.2) is 52.0 Å². The molecule has 1 amide bonds. The lowest BCUT2D eigenvalue weighted by Crippen LogP contribution is -2.54. The van der Waals surface area contributed by atoms with E-state index in [0.29, 0.717) is 34.6 Å². The number of rotatable bonds is 2. The van der Waals surface area contributed by atoms with E-state index in [1.807, 2.05) is 24.3 Å². The third-order valence-corrected chi connectivity index (χ3v) is 6.78.